The molecule has 4 rings (SSSR count). The third-order valence-electron chi connectivity index (χ3n) is 5.44. The minimum absolute atomic E-state index is 0.0425. The van der Waals surface area contributed by atoms with E-state index in [1.807, 2.05) is 19.9 Å². The summed E-state index contributed by atoms with van der Waals surface area (Å²) in [6.07, 6.45) is 4.59. The van der Waals surface area contributed by atoms with Crippen LogP contribution in [0.1, 0.15) is 22.8 Å². The van der Waals surface area contributed by atoms with Crippen LogP contribution in [0.15, 0.2) is 48.9 Å². The Hall–Kier alpha value is -4.05. The van der Waals surface area contributed by atoms with Gasteiger partial charge in [0.05, 0.1) is 19.0 Å². The fraction of sp³-hybridized carbons (Fsp3) is 0.208. The summed E-state index contributed by atoms with van der Waals surface area (Å²) in [5.41, 5.74) is 8.39. The van der Waals surface area contributed by atoms with E-state index in [4.69, 9.17) is 10.5 Å². The summed E-state index contributed by atoms with van der Waals surface area (Å²) >= 11 is 0. The van der Waals surface area contributed by atoms with Gasteiger partial charge in [0.2, 0.25) is 5.82 Å². The van der Waals surface area contributed by atoms with Crippen LogP contribution < -0.4 is 21.1 Å². The van der Waals surface area contributed by atoms with Crippen LogP contribution in [-0.2, 0) is 0 Å². The lowest BCUT2D eigenvalue weighted by Gasteiger charge is -2.14. The van der Waals surface area contributed by atoms with E-state index in [-0.39, 0.29) is 23.3 Å². The number of amides is 1. The number of imidazole rings is 1. The van der Waals surface area contributed by atoms with Crippen LogP contribution in [0.3, 0.4) is 0 Å². The minimum atomic E-state index is -1.07. The molecule has 0 saturated heterocycles. The van der Waals surface area contributed by atoms with Crippen LogP contribution in [0.5, 0.6) is 5.75 Å². The summed E-state index contributed by atoms with van der Waals surface area (Å²) in [5.74, 6) is -2.06. The molecule has 0 aliphatic carbocycles. The van der Waals surface area contributed by atoms with Crippen molar-refractivity contribution < 1.29 is 18.3 Å². The van der Waals surface area contributed by atoms with Crippen molar-refractivity contribution in [2.24, 2.45) is 5.73 Å². The molecule has 4 N–H and O–H groups in total. The highest BCUT2D eigenvalue weighted by molar-refractivity contribution is 5.96. The number of nitrogens with one attached hydrogen (secondary N) is 2. The lowest BCUT2D eigenvalue weighted by molar-refractivity contribution is 0.0940. The fourth-order valence-electron chi connectivity index (χ4n) is 3.59. The van der Waals surface area contributed by atoms with Gasteiger partial charge in [-0.15, -0.1) is 0 Å². The summed E-state index contributed by atoms with van der Waals surface area (Å²) in [7, 11) is 1.27. The van der Waals surface area contributed by atoms with Crippen LogP contribution in [0.4, 0.5) is 20.3 Å². The van der Waals surface area contributed by atoms with E-state index in [1.165, 1.54) is 31.6 Å². The molecule has 0 spiro atoms. The molecule has 2 aromatic carbocycles. The number of carbonyl (C=O) groups excluding carboxylic acids is 1. The minimum Gasteiger partial charge on any atom is -0.494 e. The highest BCUT2D eigenvalue weighted by Gasteiger charge is 2.19. The molecular formula is C24H24F2N6O2. The molecule has 8 nitrogen and oxygen atoms in total. The number of aryl methyl sites for hydroxylation is 1. The first kappa shape index (κ1) is 23.1. The normalized spacial score (nSPS) is 11.9. The maximum absolute atomic E-state index is 14.7. The fourth-order valence-corrected chi connectivity index (χ4v) is 3.59. The Labute approximate surface area is 194 Å². The van der Waals surface area contributed by atoms with Gasteiger partial charge in [-0.1, -0.05) is 0 Å². The average Bonchev–Trinajstić information content (AvgIpc) is 3.25. The summed E-state index contributed by atoms with van der Waals surface area (Å²) < 4.78 is 35.4. The van der Waals surface area contributed by atoms with Gasteiger partial charge in [0.1, 0.15) is 0 Å². The number of carbonyl (C=O) groups is 1. The predicted octanol–water partition coefficient (Wildman–Crippen LogP) is 3.81. The van der Waals surface area contributed by atoms with Crippen LogP contribution in [-0.4, -0.2) is 40.0 Å². The molecule has 1 amide bonds. The van der Waals surface area contributed by atoms with Gasteiger partial charge in [-0.25, -0.2) is 14.4 Å². The van der Waals surface area contributed by atoms with E-state index in [9.17, 15) is 13.6 Å². The van der Waals surface area contributed by atoms with Crippen molar-refractivity contribution in [3.8, 4) is 17.0 Å². The second kappa shape index (κ2) is 9.44. The lowest BCUT2D eigenvalue weighted by atomic mass is 10.1. The average molecular weight is 466 g/mol. The summed E-state index contributed by atoms with van der Waals surface area (Å²) in [6, 6.07) is 7.95. The number of methoxy groups -OCH3 is 1. The number of nitrogens with zero attached hydrogens (tertiary/aromatic N) is 3. The Morgan fingerprint density at radius 1 is 1.21 bits per heavy atom. The van der Waals surface area contributed by atoms with Crippen molar-refractivity contribution in [3.05, 3.63) is 71.7 Å². The number of nitrogens with two attached hydrogens (primary N) is 1. The van der Waals surface area contributed by atoms with Crippen molar-refractivity contribution in [2.75, 3.05) is 19.0 Å². The second-order valence-electron chi connectivity index (χ2n) is 7.82. The van der Waals surface area contributed by atoms with Crippen LogP contribution in [0.2, 0.25) is 0 Å². The SMILES string of the molecule is COc1ccc(-c2cnc3c(Nc4ccc(C(=O)N[C@H](C)CN)c(C)c4)nccn23)c(F)c1F. The zero-order valence-corrected chi connectivity index (χ0v) is 18.9. The van der Waals surface area contributed by atoms with E-state index >= 15 is 0 Å². The number of hydrogen-bond donors (Lipinski definition) is 3. The third kappa shape index (κ3) is 4.27. The van der Waals surface area contributed by atoms with Gasteiger partial charge < -0.3 is 21.1 Å². The first-order chi connectivity index (χ1) is 16.3. The summed E-state index contributed by atoms with van der Waals surface area (Å²) in [6.45, 7) is 4.01. The van der Waals surface area contributed by atoms with Gasteiger partial charge in [-0.3, -0.25) is 9.20 Å². The quantitative estimate of drug-likeness (QED) is 0.382. The monoisotopic (exact) mass is 466 g/mol. The molecule has 176 valence electrons. The summed E-state index contributed by atoms with van der Waals surface area (Å²) in [4.78, 5) is 21.1. The van der Waals surface area contributed by atoms with Crippen molar-refractivity contribution in [3.63, 3.8) is 0 Å². The van der Waals surface area contributed by atoms with Gasteiger partial charge in [-0.2, -0.15) is 4.39 Å². The molecule has 2 heterocycles. The van der Waals surface area contributed by atoms with Crippen molar-refractivity contribution in [1.82, 2.24) is 19.7 Å². The van der Waals surface area contributed by atoms with E-state index in [2.05, 4.69) is 20.6 Å². The Bertz CT molecular complexity index is 1370. The van der Waals surface area contributed by atoms with Crippen molar-refractivity contribution in [2.45, 2.75) is 19.9 Å². The van der Waals surface area contributed by atoms with E-state index in [0.29, 0.717) is 35.0 Å². The topological polar surface area (TPSA) is 107 Å². The van der Waals surface area contributed by atoms with Crippen molar-refractivity contribution >= 4 is 23.1 Å². The molecule has 0 saturated carbocycles. The smallest absolute Gasteiger partial charge is 0.251 e. The standard InChI is InChI=1S/C24H24F2N6O2/c1-13-10-15(4-5-16(13)24(33)30-14(2)11-27)31-22-23-29-12-18(32(23)9-8-28-22)17-6-7-19(34-3)21(26)20(17)25/h4-10,12,14H,11,27H2,1-3H3,(H,28,31)(H,30,33)/t14-/m1/s1. The van der Waals surface area contributed by atoms with E-state index < -0.39 is 11.6 Å². The first-order valence-electron chi connectivity index (χ1n) is 10.6. The Morgan fingerprint density at radius 3 is 2.71 bits per heavy atom. The number of ether oxygens (including phenoxy) is 1. The molecule has 0 bridgehead atoms. The van der Waals surface area contributed by atoms with Gasteiger partial charge in [0, 0.05) is 41.8 Å². The maximum Gasteiger partial charge on any atom is 0.251 e. The Kier molecular flexibility index (Phi) is 6.42. The third-order valence-corrected chi connectivity index (χ3v) is 5.44. The van der Waals surface area contributed by atoms with Crippen LogP contribution in [0.25, 0.3) is 16.9 Å². The molecule has 2 aromatic heterocycles. The number of fused-ring (bicyclic) bond motifs is 1. The van der Waals surface area contributed by atoms with Gasteiger partial charge >= 0.3 is 0 Å². The van der Waals surface area contributed by atoms with Gasteiger partial charge in [0.15, 0.2) is 23.0 Å². The molecule has 34 heavy (non-hydrogen) atoms. The van der Waals surface area contributed by atoms with Gasteiger partial charge in [0.25, 0.3) is 5.91 Å². The highest BCUT2D eigenvalue weighted by Crippen LogP contribution is 2.31. The molecule has 0 aliphatic heterocycles. The molecule has 0 unspecified atom stereocenters. The zero-order chi connectivity index (χ0) is 24.4. The van der Waals surface area contributed by atoms with Crippen LogP contribution >= 0.6 is 0 Å². The molecule has 0 aliphatic rings. The maximum atomic E-state index is 14.7. The number of aromatic nitrogens is 3. The van der Waals surface area contributed by atoms with Gasteiger partial charge in [-0.05, 0) is 49.7 Å². The largest absolute Gasteiger partial charge is 0.494 e. The number of halogens is 2. The number of benzene rings is 2. The van der Waals surface area contributed by atoms with Crippen molar-refractivity contribution in [1.29, 1.82) is 0 Å². The first-order valence-corrected chi connectivity index (χ1v) is 10.6. The second-order valence-corrected chi connectivity index (χ2v) is 7.82. The molecule has 1 atom stereocenters. The Balaban J connectivity index is 1.65. The van der Waals surface area contributed by atoms with E-state index in [1.54, 1.807) is 22.7 Å². The zero-order valence-electron chi connectivity index (χ0n) is 18.9. The number of hydrogen-bond acceptors (Lipinski definition) is 6. The van der Waals surface area contributed by atoms with Crippen LogP contribution in [0, 0.1) is 18.6 Å². The molecular weight excluding hydrogens is 442 g/mol. The molecule has 4 aromatic rings. The molecule has 0 fully saturated rings. The molecule has 10 heteroatoms. The molecule has 0 radical (unpaired) electrons. The highest BCUT2D eigenvalue weighted by atomic mass is 19.2. The lowest BCUT2D eigenvalue weighted by Crippen LogP contribution is -2.38. The Morgan fingerprint density at radius 2 is 2.00 bits per heavy atom. The predicted molar refractivity (Wildman–Crippen MR) is 125 cm³/mol. The van der Waals surface area contributed by atoms with E-state index in [0.717, 1.165) is 5.56 Å². The number of anilines is 2. The number of rotatable bonds is 7. The summed E-state index contributed by atoms with van der Waals surface area (Å²) in [5, 5.41) is 6.02.